The van der Waals surface area contributed by atoms with Crippen LogP contribution in [0.3, 0.4) is 0 Å². The summed E-state index contributed by atoms with van der Waals surface area (Å²) in [6, 6.07) is 8.07. The highest BCUT2D eigenvalue weighted by molar-refractivity contribution is 5.97. The summed E-state index contributed by atoms with van der Waals surface area (Å²) >= 11 is 0. The zero-order valence-electron chi connectivity index (χ0n) is 20.7. The van der Waals surface area contributed by atoms with E-state index in [1.807, 2.05) is 0 Å². The van der Waals surface area contributed by atoms with Crippen LogP contribution < -0.4 is 11.1 Å². The topological polar surface area (TPSA) is 161 Å². The molecule has 3 aromatic rings. The molecule has 11 nitrogen and oxygen atoms in total. The summed E-state index contributed by atoms with van der Waals surface area (Å²) in [5.74, 6) is -1.66. The van der Waals surface area contributed by atoms with Gasteiger partial charge in [-0.2, -0.15) is 5.10 Å². The highest BCUT2D eigenvalue weighted by atomic mass is 19.1. The molecule has 1 amide bonds. The Kier molecular flexibility index (Phi) is 7.55. The number of esters is 1. The Morgan fingerprint density at radius 2 is 1.97 bits per heavy atom. The monoisotopic (exact) mass is 515 g/mol. The van der Waals surface area contributed by atoms with E-state index in [9.17, 15) is 24.2 Å². The van der Waals surface area contributed by atoms with Crippen LogP contribution in [0.1, 0.15) is 32.0 Å². The number of fused-ring (bicyclic) bond motifs is 1. The number of aromatic nitrogens is 3. The van der Waals surface area contributed by atoms with Crippen molar-refractivity contribution in [3.05, 3.63) is 59.8 Å². The quantitative estimate of drug-likeness (QED) is 0.320. The van der Waals surface area contributed by atoms with E-state index in [0.717, 1.165) is 0 Å². The predicted molar refractivity (Wildman–Crippen MR) is 130 cm³/mol. The van der Waals surface area contributed by atoms with Crippen LogP contribution in [-0.2, 0) is 31.1 Å². The van der Waals surface area contributed by atoms with Crippen LogP contribution in [0.25, 0.3) is 5.52 Å². The summed E-state index contributed by atoms with van der Waals surface area (Å²) in [7, 11) is 0. The number of nitrogens with two attached hydrogens (primary N) is 1. The molecule has 1 aliphatic heterocycles. The summed E-state index contributed by atoms with van der Waals surface area (Å²) in [5, 5.41) is 27.9. The fraction of sp³-hybridized carbons (Fsp3) is 0.440. The molecular weight excluding hydrogens is 485 g/mol. The lowest BCUT2D eigenvalue weighted by atomic mass is 9.93. The van der Waals surface area contributed by atoms with E-state index in [2.05, 4.69) is 15.4 Å². The molecule has 0 aliphatic carbocycles. The van der Waals surface area contributed by atoms with Gasteiger partial charge in [0.25, 0.3) is 0 Å². The van der Waals surface area contributed by atoms with Crippen molar-refractivity contribution in [2.24, 2.45) is 11.7 Å². The first-order valence-corrected chi connectivity index (χ1v) is 11.9. The summed E-state index contributed by atoms with van der Waals surface area (Å²) < 4.78 is 26.0. The number of rotatable bonds is 8. The number of halogens is 1. The molecule has 4 rings (SSSR count). The second-order valence-electron chi connectivity index (χ2n) is 9.50. The van der Waals surface area contributed by atoms with Crippen LogP contribution in [-0.4, -0.2) is 67.6 Å². The number of nitrogens with zero attached hydrogens (tertiary/aromatic N) is 3. The van der Waals surface area contributed by atoms with Crippen molar-refractivity contribution >= 4 is 23.2 Å². The van der Waals surface area contributed by atoms with Crippen molar-refractivity contribution in [2.75, 3.05) is 11.9 Å². The van der Waals surface area contributed by atoms with Crippen molar-refractivity contribution in [3.8, 4) is 0 Å². The zero-order valence-corrected chi connectivity index (χ0v) is 20.7. The molecule has 12 heteroatoms. The first kappa shape index (κ1) is 26.6. The number of ether oxygens (including phenoxy) is 2. The molecule has 37 heavy (non-hydrogen) atoms. The molecule has 3 heterocycles. The molecule has 0 radical (unpaired) electrons. The molecular formula is C25H30FN5O6. The van der Waals surface area contributed by atoms with Crippen LogP contribution >= 0.6 is 0 Å². The number of benzene rings is 1. The smallest absolute Gasteiger partial charge is 0.308 e. The van der Waals surface area contributed by atoms with Gasteiger partial charge in [0.2, 0.25) is 5.91 Å². The Labute approximate surface area is 212 Å². The van der Waals surface area contributed by atoms with E-state index in [-0.39, 0.29) is 18.1 Å². The molecule has 1 aliphatic rings. The second kappa shape index (κ2) is 10.5. The van der Waals surface area contributed by atoms with Gasteiger partial charge in [-0.1, -0.05) is 26.0 Å². The number of nitrogens with one attached hydrogen (secondary N) is 1. The Balaban J connectivity index is 1.57. The highest BCUT2D eigenvalue weighted by Crippen LogP contribution is 2.41. The van der Waals surface area contributed by atoms with Crippen molar-refractivity contribution in [2.45, 2.75) is 57.1 Å². The molecule has 0 bridgehead atoms. The van der Waals surface area contributed by atoms with E-state index in [1.165, 1.54) is 23.0 Å². The Morgan fingerprint density at radius 1 is 1.27 bits per heavy atom. The summed E-state index contributed by atoms with van der Waals surface area (Å²) in [4.78, 5) is 29.1. The molecule has 1 fully saturated rings. The summed E-state index contributed by atoms with van der Waals surface area (Å²) in [6.45, 7) is 4.45. The minimum Gasteiger partial charge on any atom is -0.456 e. The van der Waals surface area contributed by atoms with Crippen LogP contribution in [0.5, 0.6) is 0 Å². The number of aliphatic hydroxyl groups excluding tert-OH is 2. The molecule has 0 saturated carbocycles. The maximum absolute atomic E-state index is 13.1. The molecule has 0 spiro atoms. The Hall–Kier alpha value is -3.45. The third-order valence-electron chi connectivity index (χ3n) is 6.45. The number of carbonyl (C=O) groups is 2. The lowest BCUT2D eigenvalue weighted by Crippen LogP contribution is -2.42. The van der Waals surface area contributed by atoms with E-state index >= 15 is 0 Å². The zero-order chi connectivity index (χ0) is 26.9. The highest BCUT2D eigenvalue weighted by Gasteiger charge is 2.55. The average Bonchev–Trinajstić information content (AvgIpc) is 3.41. The van der Waals surface area contributed by atoms with E-state index in [0.29, 0.717) is 16.8 Å². The molecule has 2 aromatic heterocycles. The number of anilines is 1. The largest absolute Gasteiger partial charge is 0.456 e. The molecule has 1 saturated heterocycles. The van der Waals surface area contributed by atoms with Crippen LogP contribution in [0.2, 0.25) is 0 Å². The second-order valence-corrected chi connectivity index (χ2v) is 9.50. The van der Waals surface area contributed by atoms with E-state index in [1.54, 1.807) is 45.0 Å². The molecule has 5 atom stereocenters. The van der Waals surface area contributed by atoms with Crippen molar-refractivity contribution in [1.82, 2.24) is 14.6 Å². The van der Waals surface area contributed by atoms with E-state index in [4.69, 9.17) is 15.2 Å². The maximum atomic E-state index is 13.1. The van der Waals surface area contributed by atoms with Crippen molar-refractivity contribution in [1.29, 1.82) is 0 Å². The molecule has 198 valence electrons. The molecule has 5 N–H and O–H groups in total. The normalized spacial score (nSPS) is 24.4. The minimum atomic E-state index is -1.41. The van der Waals surface area contributed by atoms with Gasteiger partial charge in [0, 0.05) is 0 Å². The average molecular weight is 516 g/mol. The number of hydrogen-bond donors (Lipinski definition) is 4. The first-order chi connectivity index (χ1) is 17.5. The van der Waals surface area contributed by atoms with Gasteiger partial charge in [0.05, 0.1) is 24.3 Å². The summed E-state index contributed by atoms with van der Waals surface area (Å²) in [5.41, 5.74) is 6.15. The van der Waals surface area contributed by atoms with Gasteiger partial charge in [0.15, 0.2) is 11.9 Å². The lowest BCUT2D eigenvalue weighted by Gasteiger charge is -2.28. The van der Waals surface area contributed by atoms with Gasteiger partial charge < -0.3 is 30.7 Å². The number of hydrogen-bond acceptors (Lipinski definition) is 9. The Morgan fingerprint density at radius 3 is 2.62 bits per heavy atom. The fourth-order valence-electron chi connectivity index (χ4n) is 4.31. The van der Waals surface area contributed by atoms with Gasteiger partial charge in [-0.15, -0.1) is 0 Å². The fourth-order valence-corrected chi connectivity index (χ4v) is 4.31. The van der Waals surface area contributed by atoms with E-state index < -0.39 is 54.4 Å². The van der Waals surface area contributed by atoms with Crippen LogP contribution in [0, 0.1) is 11.7 Å². The third-order valence-corrected chi connectivity index (χ3v) is 6.45. The van der Waals surface area contributed by atoms with Gasteiger partial charge in [0.1, 0.15) is 35.5 Å². The van der Waals surface area contributed by atoms with Gasteiger partial charge in [-0.25, -0.2) is 13.9 Å². The Bertz CT molecular complexity index is 1280. The van der Waals surface area contributed by atoms with Gasteiger partial charge >= 0.3 is 5.97 Å². The number of carbonyl (C=O) groups excluding carboxylic acids is 2. The lowest BCUT2D eigenvalue weighted by molar-refractivity contribution is -0.160. The maximum Gasteiger partial charge on any atom is 0.308 e. The SMILES string of the molecule is CC(C)C(=O)O[C@H]1[C@@H](O)[C@](C)(c2ccc3c(NC(=O)[C@@H](N)Cc4ccc(F)cc4)ncnn23)O[C@@H]1CO. The predicted octanol–water partition coefficient (Wildman–Crippen LogP) is 0.912. The minimum absolute atomic E-state index is 0.179. The third kappa shape index (κ3) is 5.18. The standard InChI is InChI=1S/C25H30FN5O6/c1-13(2)24(35)36-20-18(11-32)37-25(3,21(20)33)19-9-8-17-22(28-12-29-31(17)19)30-23(34)16(27)10-14-4-6-15(26)7-5-14/h4-9,12-13,16,18,20-21,32-33H,10-11,27H2,1-3H3,(H,28,29,30,34)/t16-,18+,20+,21+,25-/m0/s1. The van der Waals surface area contributed by atoms with Crippen molar-refractivity contribution < 1.29 is 33.7 Å². The van der Waals surface area contributed by atoms with Crippen molar-refractivity contribution in [3.63, 3.8) is 0 Å². The van der Waals surface area contributed by atoms with Gasteiger partial charge in [-0.3, -0.25) is 9.59 Å². The van der Waals surface area contributed by atoms with Crippen LogP contribution in [0.15, 0.2) is 42.7 Å². The number of aliphatic hydroxyl groups is 2. The van der Waals surface area contributed by atoms with Gasteiger partial charge in [-0.05, 0) is 43.2 Å². The van der Waals surface area contributed by atoms with Crippen LogP contribution in [0.4, 0.5) is 10.2 Å². The number of amides is 1. The first-order valence-electron chi connectivity index (χ1n) is 11.9. The summed E-state index contributed by atoms with van der Waals surface area (Å²) in [6.07, 6.45) is -1.96. The molecule has 0 unspecified atom stereocenters. The molecule has 1 aromatic carbocycles.